The Hall–Kier alpha value is -1.36. The van der Waals surface area contributed by atoms with Crippen molar-refractivity contribution >= 4 is 23.2 Å². The summed E-state index contributed by atoms with van der Waals surface area (Å²) in [7, 11) is 0. The summed E-state index contributed by atoms with van der Waals surface area (Å²) in [5.74, 6) is 1.17. The first-order chi connectivity index (χ1) is 10.0. The highest BCUT2D eigenvalue weighted by atomic mass is 35.5. The standard InChI is InChI=1S/C15H17Cl2N3O/c1-10(2)6-18-7-11-8-19-15(20-9-11)21-12-3-4-13(16)14(17)5-12/h3-5,8-10,18H,6-7H2,1-2H3. The van der Waals surface area contributed by atoms with Crippen LogP contribution < -0.4 is 10.1 Å². The summed E-state index contributed by atoms with van der Waals surface area (Å²) in [6, 6.07) is 5.30. The molecule has 2 rings (SSSR count). The molecule has 6 heteroatoms. The van der Waals surface area contributed by atoms with Gasteiger partial charge in [-0.25, -0.2) is 9.97 Å². The van der Waals surface area contributed by atoms with Gasteiger partial charge in [0.2, 0.25) is 0 Å². The van der Waals surface area contributed by atoms with Crippen LogP contribution in [0, 0.1) is 5.92 Å². The summed E-state index contributed by atoms with van der Waals surface area (Å²) in [6.07, 6.45) is 3.49. The second-order valence-corrected chi connectivity index (χ2v) is 5.89. The Bertz CT molecular complexity index is 588. The molecule has 0 amide bonds. The quantitative estimate of drug-likeness (QED) is 0.859. The summed E-state index contributed by atoms with van der Waals surface area (Å²) < 4.78 is 5.53. The highest BCUT2D eigenvalue weighted by molar-refractivity contribution is 6.42. The largest absolute Gasteiger partial charge is 0.424 e. The summed E-state index contributed by atoms with van der Waals surface area (Å²) in [6.45, 7) is 6.03. The average Bonchev–Trinajstić information content (AvgIpc) is 2.44. The topological polar surface area (TPSA) is 47.0 Å². The van der Waals surface area contributed by atoms with Crippen molar-refractivity contribution in [3.05, 3.63) is 46.2 Å². The predicted octanol–water partition coefficient (Wildman–Crippen LogP) is 4.32. The Balaban J connectivity index is 1.94. The second-order valence-electron chi connectivity index (χ2n) is 5.08. The summed E-state index contributed by atoms with van der Waals surface area (Å²) in [4.78, 5) is 8.35. The van der Waals surface area contributed by atoms with Crippen LogP contribution in [0.25, 0.3) is 0 Å². The smallest absolute Gasteiger partial charge is 0.321 e. The van der Waals surface area contributed by atoms with Gasteiger partial charge < -0.3 is 10.1 Å². The molecule has 0 radical (unpaired) electrons. The van der Waals surface area contributed by atoms with E-state index < -0.39 is 0 Å². The molecule has 21 heavy (non-hydrogen) atoms. The zero-order valence-corrected chi connectivity index (χ0v) is 13.4. The summed E-state index contributed by atoms with van der Waals surface area (Å²) in [5, 5.41) is 4.25. The van der Waals surface area contributed by atoms with E-state index in [1.54, 1.807) is 30.6 Å². The van der Waals surface area contributed by atoms with Gasteiger partial charge >= 0.3 is 6.01 Å². The molecule has 1 aromatic carbocycles. The first kappa shape index (κ1) is 16.0. The van der Waals surface area contributed by atoms with Crippen LogP contribution in [0.5, 0.6) is 11.8 Å². The molecule has 0 saturated carbocycles. The van der Waals surface area contributed by atoms with E-state index in [-0.39, 0.29) is 6.01 Å². The van der Waals surface area contributed by atoms with E-state index in [9.17, 15) is 0 Å². The lowest BCUT2D eigenvalue weighted by molar-refractivity contribution is 0.440. The first-order valence-electron chi connectivity index (χ1n) is 6.69. The average molecular weight is 326 g/mol. The van der Waals surface area contributed by atoms with Crippen molar-refractivity contribution in [3.63, 3.8) is 0 Å². The third-order valence-electron chi connectivity index (χ3n) is 2.66. The molecule has 0 unspecified atom stereocenters. The zero-order valence-electron chi connectivity index (χ0n) is 11.9. The minimum absolute atomic E-state index is 0.279. The van der Waals surface area contributed by atoms with Crippen molar-refractivity contribution in [2.24, 2.45) is 5.92 Å². The summed E-state index contributed by atoms with van der Waals surface area (Å²) >= 11 is 11.8. The third-order valence-corrected chi connectivity index (χ3v) is 3.40. The fourth-order valence-electron chi connectivity index (χ4n) is 1.64. The fourth-order valence-corrected chi connectivity index (χ4v) is 1.93. The number of hydrogen-bond donors (Lipinski definition) is 1. The number of rotatable bonds is 6. The Morgan fingerprint density at radius 3 is 2.48 bits per heavy atom. The molecule has 0 spiro atoms. The Kier molecular flexibility index (Phi) is 5.79. The Morgan fingerprint density at radius 2 is 1.86 bits per heavy atom. The molecule has 0 aliphatic heterocycles. The van der Waals surface area contributed by atoms with E-state index in [1.165, 1.54) is 0 Å². The van der Waals surface area contributed by atoms with E-state index in [0.717, 1.165) is 18.7 Å². The molecule has 112 valence electrons. The van der Waals surface area contributed by atoms with Crippen LogP contribution in [0.3, 0.4) is 0 Å². The molecule has 2 aromatic rings. The number of halogens is 2. The van der Waals surface area contributed by atoms with Crippen LogP contribution in [0.1, 0.15) is 19.4 Å². The molecule has 0 bridgehead atoms. The SMILES string of the molecule is CC(C)CNCc1cnc(Oc2ccc(Cl)c(Cl)c2)nc1. The summed E-state index contributed by atoms with van der Waals surface area (Å²) in [5.41, 5.74) is 1.01. The molecule has 1 aromatic heterocycles. The van der Waals surface area contributed by atoms with E-state index in [1.807, 2.05) is 0 Å². The number of nitrogens with zero attached hydrogens (tertiary/aromatic N) is 2. The van der Waals surface area contributed by atoms with Gasteiger partial charge in [0.15, 0.2) is 0 Å². The maximum absolute atomic E-state index is 5.93. The van der Waals surface area contributed by atoms with Crippen LogP contribution in [0.2, 0.25) is 10.0 Å². The molecule has 0 fully saturated rings. The van der Waals surface area contributed by atoms with Gasteiger partial charge in [-0.2, -0.15) is 0 Å². The molecule has 1 heterocycles. The lowest BCUT2D eigenvalue weighted by Crippen LogP contribution is -2.19. The van der Waals surface area contributed by atoms with Gasteiger partial charge in [0, 0.05) is 30.6 Å². The third kappa shape index (κ3) is 5.16. The first-order valence-corrected chi connectivity index (χ1v) is 7.44. The van der Waals surface area contributed by atoms with Crippen LogP contribution in [0.15, 0.2) is 30.6 Å². The number of hydrogen-bond acceptors (Lipinski definition) is 4. The molecule has 0 atom stereocenters. The normalized spacial score (nSPS) is 10.9. The molecule has 0 aliphatic rings. The van der Waals surface area contributed by atoms with Crippen molar-refractivity contribution in [2.45, 2.75) is 20.4 Å². The van der Waals surface area contributed by atoms with Gasteiger partial charge in [0.1, 0.15) is 5.75 Å². The number of nitrogens with one attached hydrogen (secondary N) is 1. The number of ether oxygens (including phenoxy) is 1. The minimum Gasteiger partial charge on any atom is -0.424 e. The van der Waals surface area contributed by atoms with E-state index in [0.29, 0.717) is 21.7 Å². The maximum Gasteiger partial charge on any atom is 0.321 e. The van der Waals surface area contributed by atoms with Gasteiger partial charge in [-0.1, -0.05) is 37.0 Å². The molecular formula is C15H17Cl2N3O. The van der Waals surface area contributed by atoms with E-state index in [4.69, 9.17) is 27.9 Å². The molecule has 0 saturated heterocycles. The Labute approximate surface area is 134 Å². The Morgan fingerprint density at radius 1 is 1.14 bits per heavy atom. The van der Waals surface area contributed by atoms with Crippen molar-refractivity contribution in [1.29, 1.82) is 0 Å². The lowest BCUT2D eigenvalue weighted by atomic mass is 10.2. The highest BCUT2D eigenvalue weighted by Gasteiger charge is 2.04. The molecule has 0 aliphatic carbocycles. The van der Waals surface area contributed by atoms with E-state index in [2.05, 4.69) is 29.1 Å². The van der Waals surface area contributed by atoms with Gasteiger partial charge in [-0.05, 0) is 24.6 Å². The van der Waals surface area contributed by atoms with Crippen molar-refractivity contribution in [3.8, 4) is 11.8 Å². The fraction of sp³-hybridized carbons (Fsp3) is 0.333. The zero-order chi connectivity index (χ0) is 15.2. The maximum atomic E-state index is 5.93. The van der Waals surface area contributed by atoms with Crippen LogP contribution in [-0.4, -0.2) is 16.5 Å². The van der Waals surface area contributed by atoms with Crippen molar-refractivity contribution in [2.75, 3.05) is 6.54 Å². The number of benzene rings is 1. The monoisotopic (exact) mass is 325 g/mol. The van der Waals surface area contributed by atoms with Gasteiger partial charge in [-0.15, -0.1) is 0 Å². The van der Waals surface area contributed by atoms with Gasteiger partial charge in [0.05, 0.1) is 10.0 Å². The minimum atomic E-state index is 0.279. The molecule has 4 nitrogen and oxygen atoms in total. The van der Waals surface area contributed by atoms with Gasteiger partial charge in [-0.3, -0.25) is 0 Å². The number of aromatic nitrogens is 2. The van der Waals surface area contributed by atoms with Crippen LogP contribution in [-0.2, 0) is 6.54 Å². The van der Waals surface area contributed by atoms with Crippen molar-refractivity contribution < 1.29 is 4.74 Å². The molecular weight excluding hydrogens is 309 g/mol. The second kappa shape index (κ2) is 7.59. The van der Waals surface area contributed by atoms with Gasteiger partial charge in [0.25, 0.3) is 0 Å². The lowest BCUT2D eigenvalue weighted by Gasteiger charge is -2.08. The highest BCUT2D eigenvalue weighted by Crippen LogP contribution is 2.28. The molecule has 1 N–H and O–H groups in total. The van der Waals surface area contributed by atoms with E-state index >= 15 is 0 Å². The van der Waals surface area contributed by atoms with Crippen LogP contribution >= 0.6 is 23.2 Å². The van der Waals surface area contributed by atoms with Crippen molar-refractivity contribution in [1.82, 2.24) is 15.3 Å². The predicted molar refractivity (Wildman–Crippen MR) is 85.1 cm³/mol. The van der Waals surface area contributed by atoms with Crippen LogP contribution in [0.4, 0.5) is 0 Å².